The molecule has 0 amide bonds. The predicted molar refractivity (Wildman–Crippen MR) is 66.6 cm³/mol. The first-order valence-electron chi connectivity index (χ1n) is 5.73. The maximum atomic E-state index is 12.0. The molecule has 17 heavy (non-hydrogen) atoms. The van der Waals surface area contributed by atoms with Gasteiger partial charge in [0.2, 0.25) is 0 Å². The number of phenols is 1. The minimum Gasteiger partial charge on any atom is -0.508 e. The Morgan fingerprint density at radius 2 is 1.88 bits per heavy atom. The zero-order chi connectivity index (χ0) is 12.1. The summed E-state index contributed by atoms with van der Waals surface area (Å²) in [6, 6.07) is 6.57. The fourth-order valence-corrected chi connectivity index (χ4v) is 2.85. The Morgan fingerprint density at radius 3 is 2.53 bits per heavy atom. The number of rotatable bonds is 4. The van der Waals surface area contributed by atoms with Crippen molar-refractivity contribution >= 4 is 10.8 Å². The molecule has 1 aliphatic heterocycles. The summed E-state index contributed by atoms with van der Waals surface area (Å²) in [5.74, 6) is 0.837. The van der Waals surface area contributed by atoms with Gasteiger partial charge in [-0.1, -0.05) is 0 Å². The normalized spacial score (nSPS) is 19.1. The van der Waals surface area contributed by atoms with Gasteiger partial charge in [0.25, 0.3) is 0 Å². The summed E-state index contributed by atoms with van der Waals surface area (Å²) >= 11 is 0. The molecule has 0 spiro atoms. The van der Waals surface area contributed by atoms with Crippen LogP contribution in [0, 0.1) is 0 Å². The molecule has 2 rings (SSSR count). The Morgan fingerprint density at radius 1 is 1.24 bits per heavy atom. The van der Waals surface area contributed by atoms with Gasteiger partial charge in [0.1, 0.15) is 5.75 Å². The average Bonchev–Trinajstić information content (AvgIpc) is 2.38. The summed E-state index contributed by atoms with van der Waals surface area (Å²) in [5, 5.41) is 9.15. The molecule has 0 radical (unpaired) electrons. The Kier molecular flexibility index (Phi) is 4.53. The second-order valence-corrected chi connectivity index (χ2v) is 5.57. The van der Waals surface area contributed by atoms with Crippen LogP contribution in [0.1, 0.15) is 0 Å². The van der Waals surface area contributed by atoms with Crippen LogP contribution in [0.25, 0.3) is 0 Å². The van der Waals surface area contributed by atoms with Crippen LogP contribution in [-0.2, 0) is 15.5 Å². The molecular weight excluding hydrogens is 238 g/mol. The average molecular weight is 255 g/mol. The molecule has 1 atom stereocenters. The molecule has 0 aromatic heterocycles. The molecule has 1 aromatic rings. The Bertz CT molecular complexity index is 374. The third-order valence-electron chi connectivity index (χ3n) is 2.80. The number of benzene rings is 1. The van der Waals surface area contributed by atoms with E-state index in [1.54, 1.807) is 24.3 Å². The van der Waals surface area contributed by atoms with E-state index in [0.29, 0.717) is 5.75 Å². The van der Waals surface area contributed by atoms with Gasteiger partial charge in [-0.3, -0.25) is 9.11 Å². The first kappa shape index (κ1) is 12.5. The Labute approximate surface area is 104 Å². The number of aromatic hydroxyl groups is 1. The molecule has 94 valence electrons. The van der Waals surface area contributed by atoms with Crippen molar-refractivity contribution < 1.29 is 14.1 Å². The molecule has 0 bridgehead atoms. The number of hydrogen-bond donors (Lipinski definition) is 1. The van der Waals surface area contributed by atoms with E-state index in [9.17, 15) is 4.21 Å². The monoisotopic (exact) mass is 255 g/mol. The van der Waals surface area contributed by atoms with Gasteiger partial charge < -0.3 is 9.84 Å². The lowest BCUT2D eigenvalue weighted by Gasteiger charge is -2.26. The summed E-state index contributed by atoms with van der Waals surface area (Å²) in [7, 11) is -0.987. The Balaban J connectivity index is 1.82. The van der Waals surface area contributed by atoms with Crippen molar-refractivity contribution in [2.24, 2.45) is 0 Å². The van der Waals surface area contributed by atoms with Crippen LogP contribution in [0.15, 0.2) is 29.2 Å². The molecule has 4 nitrogen and oxygen atoms in total. The second kappa shape index (κ2) is 6.14. The molecule has 1 fully saturated rings. The Hall–Kier alpha value is -0.910. The third-order valence-corrected chi connectivity index (χ3v) is 4.15. The summed E-state index contributed by atoms with van der Waals surface area (Å²) in [6.07, 6.45) is 0. The van der Waals surface area contributed by atoms with E-state index in [1.165, 1.54) is 0 Å². The smallest absolute Gasteiger partial charge is 0.115 e. The minimum absolute atomic E-state index is 0.207. The van der Waals surface area contributed by atoms with Crippen LogP contribution in [0.2, 0.25) is 0 Å². The minimum atomic E-state index is -0.987. The van der Waals surface area contributed by atoms with Crippen LogP contribution >= 0.6 is 0 Å². The van der Waals surface area contributed by atoms with Gasteiger partial charge in [-0.15, -0.1) is 0 Å². The van der Waals surface area contributed by atoms with Crippen LogP contribution < -0.4 is 0 Å². The van der Waals surface area contributed by atoms with E-state index in [1.807, 2.05) is 0 Å². The fourth-order valence-electron chi connectivity index (χ4n) is 1.75. The van der Waals surface area contributed by atoms with Crippen LogP contribution in [-0.4, -0.2) is 52.8 Å². The number of phenolic OH excluding ortho intramolecular Hbond substituents is 1. The summed E-state index contributed by atoms with van der Waals surface area (Å²) in [5.41, 5.74) is 0. The molecule has 1 aliphatic rings. The highest BCUT2D eigenvalue weighted by atomic mass is 32.2. The van der Waals surface area contributed by atoms with Crippen LogP contribution in [0.3, 0.4) is 0 Å². The SMILES string of the molecule is O=S(CCN1CCOCC1)c1ccc(O)cc1. The fraction of sp³-hybridized carbons (Fsp3) is 0.500. The van der Waals surface area contributed by atoms with Crippen molar-refractivity contribution in [3.05, 3.63) is 24.3 Å². The van der Waals surface area contributed by atoms with Crippen molar-refractivity contribution in [1.82, 2.24) is 4.90 Å². The third kappa shape index (κ3) is 3.80. The van der Waals surface area contributed by atoms with E-state index in [-0.39, 0.29) is 5.75 Å². The summed E-state index contributed by atoms with van der Waals surface area (Å²) < 4.78 is 17.2. The zero-order valence-corrected chi connectivity index (χ0v) is 10.5. The van der Waals surface area contributed by atoms with E-state index in [2.05, 4.69) is 4.90 Å². The summed E-state index contributed by atoms with van der Waals surface area (Å²) in [6.45, 7) is 4.22. The molecule has 0 aliphatic carbocycles. The van der Waals surface area contributed by atoms with E-state index in [0.717, 1.165) is 37.7 Å². The number of nitrogens with zero attached hydrogens (tertiary/aromatic N) is 1. The maximum Gasteiger partial charge on any atom is 0.115 e. The van der Waals surface area contributed by atoms with Crippen molar-refractivity contribution in [2.45, 2.75) is 4.90 Å². The lowest BCUT2D eigenvalue weighted by atomic mass is 10.3. The molecule has 1 heterocycles. The van der Waals surface area contributed by atoms with E-state index in [4.69, 9.17) is 9.84 Å². The lowest BCUT2D eigenvalue weighted by Crippen LogP contribution is -2.38. The van der Waals surface area contributed by atoms with E-state index >= 15 is 0 Å². The quantitative estimate of drug-likeness (QED) is 0.866. The molecular formula is C12H17NO3S. The number of ether oxygens (including phenoxy) is 1. The number of morpholine rings is 1. The van der Waals surface area contributed by atoms with Crippen molar-refractivity contribution in [3.63, 3.8) is 0 Å². The molecule has 1 saturated heterocycles. The standard InChI is InChI=1S/C12H17NO3S/c14-11-1-3-12(4-2-11)17(15)10-7-13-5-8-16-9-6-13/h1-4,14H,5-10H2. The van der Waals surface area contributed by atoms with E-state index < -0.39 is 10.8 Å². The maximum absolute atomic E-state index is 12.0. The van der Waals surface area contributed by atoms with Crippen LogP contribution in [0.4, 0.5) is 0 Å². The zero-order valence-electron chi connectivity index (χ0n) is 9.67. The molecule has 5 heteroatoms. The highest BCUT2D eigenvalue weighted by Crippen LogP contribution is 2.13. The van der Waals surface area contributed by atoms with Crippen molar-refractivity contribution in [2.75, 3.05) is 38.6 Å². The van der Waals surface area contributed by atoms with Gasteiger partial charge in [0, 0.05) is 30.3 Å². The lowest BCUT2D eigenvalue weighted by molar-refractivity contribution is 0.0409. The van der Waals surface area contributed by atoms with Gasteiger partial charge in [0.15, 0.2) is 0 Å². The van der Waals surface area contributed by atoms with Gasteiger partial charge in [-0.25, -0.2) is 0 Å². The first-order chi connectivity index (χ1) is 8.25. The molecule has 0 saturated carbocycles. The van der Waals surface area contributed by atoms with Gasteiger partial charge in [-0.2, -0.15) is 0 Å². The first-order valence-corrected chi connectivity index (χ1v) is 7.05. The van der Waals surface area contributed by atoms with Gasteiger partial charge >= 0.3 is 0 Å². The predicted octanol–water partition coefficient (Wildman–Crippen LogP) is 0.832. The molecule has 1 aromatic carbocycles. The van der Waals surface area contributed by atoms with Crippen LogP contribution in [0.5, 0.6) is 5.75 Å². The second-order valence-electron chi connectivity index (χ2n) is 4.00. The van der Waals surface area contributed by atoms with Crippen molar-refractivity contribution in [3.8, 4) is 5.75 Å². The van der Waals surface area contributed by atoms with Crippen molar-refractivity contribution in [1.29, 1.82) is 0 Å². The molecule has 1 N–H and O–H groups in total. The highest BCUT2D eigenvalue weighted by Gasteiger charge is 2.12. The van der Waals surface area contributed by atoms with Gasteiger partial charge in [0.05, 0.1) is 24.0 Å². The molecule has 1 unspecified atom stereocenters. The highest BCUT2D eigenvalue weighted by molar-refractivity contribution is 7.85. The summed E-state index contributed by atoms with van der Waals surface area (Å²) in [4.78, 5) is 3.04. The number of hydrogen-bond acceptors (Lipinski definition) is 4. The largest absolute Gasteiger partial charge is 0.508 e. The van der Waals surface area contributed by atoms with Gasteiger partial charge in [-0.05, 0) is 24.3 Å². The topological polar surface area (TPSA) is 49.8 Å².